The Balaban J connectivity index is 2.08. The van der Waals surface area contributed by atoms with Crippen LogP contribution in [0.1, 0.15) is 52.9 Å². The van der Waals surface area contributed by atoms with Crippen LogP contribution in [-0.4, -0.2) is 24.3 Å². The Kier molecular flexibility index (Phi) is 6.37. The summed E-state index contributed by atoms with van der Waals surface area (Å²) in [6.45, 7) is 8.31. The van der Waals surface area contributed by atoms with E-state index in [0.717, 1.165) is 30.8 Å². The molecule has 0 aromatic carbocycles. The van der Waals surface area contributed by atoms with Crippen LogP contribution in [0.3, 0.4) is 0 Å². The van der Waals surface area contributed by atoms with E-state index in [4.69, 9.17) is 5.11 Å². The molecule has 0 radical (unpaired) electrons. The van der Waals surface area contributed by atoms with Crippen molar-refractivity contribution in [3.05, 3.63) is 0 Å². The van der Waals surface area contributed by atoms with Crippen LogP contribution in [0.5, 0.6) is 0 Å². The third-order valence-corrected chi connectivity index (χ3v) is 4.02. The molecule has 0 heterocycles. The second-order valence-corrected chi connectivity index (χ2v) is 5.89. The Hall–Kier alpha value is -0.0800. The van der Waals surface area contributed by atoms with E-state index in [1.165, 1.54) is 25.7 Å². The molecule has 4 atom stereocenters. The molecule has 0 aliphatic heterocycles. The molecule has 0 spiro atoms. The van der Waals surface area contributed by atoms with Crippen molar-refractivity contribution in [1.82, 2.24) is 5.32 Å². The fourth-order valence-electron chi connectivity index (χ4n) is 2.80. The van der Waals surface area contributed by atoms with Crippen LogP contribution in [0.2, 0.25) is 0 Å². The fraction of sp³-hybridized carbons (Fsp3) is 1.00. The highest BCUT2D eigenvalue weighted by molar-refractivity contribution is 4.80. The maximum atomic E-state index is 8.93. The average Bonchev–Trinajstić information content (AvgIpc) is 2.26. The van der Waals surface area contributed by atoms with Crippen molar-refractivity contribution in [2.45, 2.75) is 58.9 Å². The Bertz CT molecular complexity index is 184. The summed E-state index contributed by atoms with van der Waals surface area (Å²) in [7, 11) is 0. The van der Waals surface area contributed by atoms with E-state index >= 15 is 0 Å². The van der Waals surface area contributed by atoms with Gasteiger partial charge >= 0.3 is 0 Å². The molecule has 4 unspecified atom stereocenters. The Morgan fingerprint density at radius 3 is 2.69 bits per heavy atom. The predicted octanol–water partition coefficient (Wildman–Crippen LogP) is 2.81. The summed E-state index contributed by atoms with van der Waals surface area (Å²) in [4.78, 5) is 0. The number of hydrogen-bond acceptors (Lipinski definition) is 2. The smallest absolute Gasteiger partial charge is 0.0456 e. The third-order valence-electron chi connectivity index (χ3n) is 4.02. The van der Waals surface area contributed by atoms with Crippen molar-refractivity contribution in [2.75, 3.05) is 13.2 Å². The molecule has 0 saturated heterocycles. The highest BCUT2D eigenvalue weighted by Gasteiger charge is 2.24. The molecular formula is C14H29NO. The lowest BCUT2D eigenvalue weighted by molar-refractivity contribution is 0.215. The van der Waals surface area contributed by atoms with Crippen molar-refractivity contribution in [2.24, 2.45) is 17.8 Å². The van der Waals surface area contributed by atoms with Crippen LogP contribution in [0.15, 0.2) is 0 Å². The van der Waals surface area contributed by atoms with Crippen molar-refractivity contribution < 1.29 is 5.11 Å². The fourth-order valence-corrected chi connectivity index (χ4v) is 2.80. The first-order chi connectivity index (χ1) is 7.63. The zero-order valence-corrected chi connectivity index (χ0v) is 11.2. The molecule has 2 N–H and O–H groups in total. The molecule has 0 aromatic rings. The second kappa shape index (κ2) is 7.29. The third kappa shape index (κ3) is 4.84. The maximum Gasteiger partial charge on any atom is 0.0456 e. The van der Waals surface area contributed by atoms with Crippen molar-refractivity contribution in [3.8, 4) is 0 Å². The van der Waals surface area contributed by atoms with E-state index in [1.54, 1.807) is 0 Å². The Labute approximate surface area is 101 Å². The minimum Gasteiger partial charge on any atom is -0.396 e. The van der Waals surface area contributed by atoms with Gasteiger partial charge < -0.3 is 10.4 Å². The molecule has 2 nitrogen and oxygen atoms in total. The van der Waals surface area contributed by atoms with Gasteiger partial charge in [-0.25, -0.2) is 0 Å². The number of aliphatic hydroxyl groups is 1. The number of rotatable bonds is 6. The lowest BCUT2D eigenvalue weighted by Gasteiger charge is -2.33. The molecular weight excluding hydrogens is 198 g/mol. The van der Waals surface area contributed by atoms with E-state index < -0.39 is 0 Å². The first kappa shape index (κ1) is 14.0. The van der Waals surface area contributed by atoms with Gasteiger partial charge in [0.2, 0.25) is 0 Å². The topological polar surface area (TPSA) is 32.3 Å². The molecule has 96 valence electrons. The van der Waals surface area contributed by atoms with E-state index in [-0.39, 0.29) is 0 Å². The van der Waals surface area contributed by atoms with Crippen molar-refractivity contribution >= 4 is 0 Å². The minimum absolute atomic E-state index is 0.331. The normalized spacial score (nSPS) is 32.6. The van der Waals surface area contributed by atoms with E-state index in [2.05, 4.69) is 26.1 Å². The average molecular weight is 227 g/mol. The summed E-state index contributed by atoms with van der Waals surface area (Å²) in [5.74, 6) is 2.21. The van der Waals surface area contributed by atoms with Gasteiger partial charge in [-0.05, 0) is 56.4 Å². The van der Waals surface area contributed by atoms with Gasteiger partial charge in [0.1, 0.15) is 0 Å². The summed E-state index contributed by atoms with van der Waals surface area (Å²) in [6, 6.07) is 0.737. The lowest BCUT2D eigenvalue weighted by atomic mass is 9.80. The molecule has 0 aromatic heterocycles. The first-order valence-corrected chi connectivity index (χ1v) is 6.97. The largest absolute Gasteiger partial charge is 0.396 e. The van der Waals surface area contributed by atoms with Crippen LogP contribution in [0, 0.1) is 17.8 Å². The van der Waals surface area contributed by atoms with E-state index in [0.29, 0.717) is 12.5 Å². The SMILES string of the molecule is CC(CO)CCCNC1CCC(C)CC1C. The maximum absolute atomic E-state index is 8.93. The van der Waals surface area contributed by atoms with Crippen LogP contribution in [0.25, 0.3) is 0 Å². The first-order valence-electron chi connectivity index (χ1n) is 6.97. The molecule has 2 heteroatoms. The molecule has 16 heavy (non-hydrogen) atoms. The van der Waals surface area contributed by atoms with Gasteiger partial charge in [-0.15, -0.1) is 0 Å². The number of aliphatic hydroxyl groups excluding tert-OH is 1. The molecule has 0 bridgehead atoms. The van der Waals surface area contributed by atoms with Crippen LogP contribution in [0.4, 0.5) is 0 Å². The van der Waals surface area contributed by atoms with E-state index in [1.807, 2.05) is 0 Å². The minimum atomic E-state index is 0.331. The van der Waals surface area contributed by atoms with Gasteiger partial charge in [-0.1, -0.05) is 20.8 Å². The van der Waals surface area contributed by atoms with Gasteiger partial charge in [0.05, 0.1) is 0 Å². The molecule has 1 rings (SSSR count). The number of nitrogens with one attached hydrogen (secondary N) is 1. The molecule has 1 fully saturated rings. The molecule has 1 aliphatic carbocycles. The summed E-state index contributed by atoms with van der Waals surface area (Å²) in [5, 5.41) is 12.6. The van der Waals surface area contributed by atoms with E-state index in [9.17, 15) is 0 Å². The molecule has 1 aliphatic rings. The predicted molar refractivity (Wildman–Crippen MR) is 69.5 cm³/mol. The lowest BCUT2D eigenvalue weighted by Crippen LogP contribution is -2.39. The number of hydrogen-bond donors (Lipinski definition) is 2. The van der Waals surface area contributed by atoms with Crippen LogP contribution >= 0.6 is 0 Å². The standard InChI is InChI=1S/C14H29NO/c1-11-6-7-14(13(3)9-11)15-8-4-5-12(2)10-16/h11-16H,4-10H2,1-3H3. The van der Waals surface area contributed by atoms with Crippen molar-refractivity contribution in [1.29, 1.82) is 0 Å². The Morgan fingerprint density at radius 1 is 1.31 bits per heavy atom. The summed E-state index contributed by atoms with van der Waals surface area (Å²) < 4.78 is 0. The van der Waals surface area contributed by atoms with Gasteiger partial charge in [0.15, 0.2) is 0 Å². The second-order valence-electron chi connectivity index (χ2n) is 5.89. The summed E-state index contributed by atoms with van der Waals surface area (Å²) in [6.07, 6.45) is 6.44. The molecule has 1 saturated carbocycles. The Morgan fingerprint density at radius 2 is 2.06 bits per heavy atom. The highest BCUT2D eigenvalue weighted by Crippen LogP contribution is 2.28. The molecule has 0 amide bonds. The van der Waals surface area contributed by atoms with Crippen molar-refractivity contribution in [3.63, 3.8) is 0 Å². The van der Waals surface area contributed by atoms with Crippen LogP contribution < -0.4 is 5.32 Å². The summed E-state index contributed by atoms with van der Waals surface area (Å²) >= 11 is 0. The van der Waals surface area contributed by atoms with Crippen LogP contribution in [-0.2, 0) is 0 Å². The highest BCUT2D eigenvalue weighted by atomic mass is 16.3. The van der Waals surface area contributed by atoms with Gasteiger partial charge in [0.25, 0.3) is 0 Å². The monoisotopic (exact) mass is 227 g/mol. The quantitative estimate of drug-likeness (QED) is 0.684. The summed E-state index contributed by atoms with van der Waals surface area (Å²) in [5.41, 5.74) is 0. The van der Waals surface area contributed by atoms with Gasteiger partial charge in [-0.3, -0.25) is 0 Å². The van der Waals surface area contributed by atoms with Gasteiger partial charge in [-0.2, -0.15) is 0 Å². The zero-order valence-electron chi connectivity index (χ0n) is 11.2. The van der Waals surface area contributed by atoms with Gasteiger partial charge in [0, 0.05) is 12.6 Å². The zero-order chi connectivity index (χ0) is 12.0.